The number of nitrogens with zero attached hydrogens (tertiary/aromatic N) is 1. The van der Waals surface area contributed by atoms with Crippen LogP contribution in [0.3, 0.4) is 0 Å². The molecule has 3 rings (SSSR count). The van der Waals surface area contributed by atoms with Crippen LogP contribution in [-0.2, 0) is 11.3 Å². The molecule has 0 aromatic carbocycles. The van der Waals surface area contributed by atoms with Crippen LogP contribution in [-0.4, -0.2) is 15.1 Å². The van der Waals surface area contributed by atoms with Gasteiger partial charge in [-0.25, -0.2) is 0 Å². The normalized spacial score (nSPS) is 17.4. The van der Waals surface area contributed by atoms with E-state index in [1.807, 2.05) is 25.1 Å². The predicted octanol–water partition coefficient (Wildman–Crippen LogP) is 3.58. The van der Waals surface area contributed by atoms with Gasteiger partial charge in [0.1, 0.15) is 21.6 Å². The van der Waals surface area contributed by atoms with Gasteiger partial charge in [-0.05, 0) is 31.2 Å². The minimum Gasteiger partial charge on any atom is -0.467 e. The van der Waals surface area contributed by atoms with Gasteiger partial charge in [0.15, 0.2) is 0 Å². The maximum Gasteiger partial charge on any atom is 0.266 e. The van der Waals surface area contributed by atoms with E-state index in [-0.39, 0.29) is 5.91 Å². The molecule has 20 heavy (non-hydrogen) atoms. The van der Waals surface area contributed by atoms with Crippen molar-refractivity contribution in [3.8, 4) is 0 Å². The highest BCUT2D eigenvalue weighted by Crippen LogP contribution is 2.33. The molecule has 1 aliphatic heterocycles. The van der Waals surface area contributed by atoms with E-state index < -0.39 is 0 Å². The highest BCUT2D eigenvalue weighted by molar-refractivity contribution is 8.26. The van der Waals surface area contributed by atoms with Crippen LogP contribution in [0.15, 0.2) is 44.3 Å². The zero-order chi connectivity index (χ0) is 14.1. The monoisotopic (exact) mass is 305 g/mol. The average Bonchev–Trinajstić information content (AvgIpc) is 3.10. The minimum atomic E-state index is -0.120. The number of hydrogen-bond donors (Lipinski definition) is 0. The highest BCUT2D eigenvalue weighted by atomic mass is 32.2. The van der Waals surface area contributed by atoms with Crippen molar-refractivity contribution in [2.24, 2.45) is 0 Å². The summed E-state index contributed by atoms with van der Waals surface area (Å²) in [5.41, 5.74) is 0. The van der Waals surface area contributed by atoms with E-state index >= 15 is 0 Å². The van der Waals surface area contributed by atoms with Crippen LogP contribution in [0.2, 0.25) is 0 Å². The third-order valence-electron chi connectivity index (χ3n) is 2.80. The molecule has 3 heterocycles. The van der Waals surface area contributed by atoms with Crippen LogP contribution < -0.4 is 0 Å². The van der Waals surface area contributed by atoms with Gasteiger partial charge in [0, 0.05) is 6.08 Å². The van der Waals surface area contributed by atoms with E-state index in [1.54, 1.807) is 18.4 Å². The van der Waals surface area contributed by atoms with Crippen molar-refractivity contribution < 1.29 is 13.6 Å². The molecule has 1 amide bonds. The smallest absolute Gasteiger partial charge is 0.266 e. The Balaban J connectivity index is 1.81. The number of amides is 1. The molecule has 102 valence electrons. The molecule has 0 spiro atoms. The molecule has 0 aliphatic carbocycles. The molecule has 6 heteroatoms. The number of furan rings is 2. The van der Waals surface area contributed by atoms with Crippen molar-refractivity contribution in [3.63, 3.8) is 0 Å². The first-order chi connectivity index (χ1) is 9.63. The van der Waals surface area contributed by atoms with Gasteiger partial charge in [0.2, 0.25) is 0 Å². The summed E-state index contributed by atoms with van der Waals surface area (Å²) >= 11 is 6.52. The lowest BCUT2D eigenvalue weighted by Crippen LogP contribution is -2.27. The van der Waals surface area contributed by atoms with Gasteiger partial charge in [-0.15, -0.1) is 0 Å². The largest absolute Gasteiger partial charge is 0.467 e. The van der Waals surface area contributed by atoms with Crippen LogP contribution in [0.25, 0.3) is 6.08 Å². The molecule has 0 atom stereocenters. The Bertz CT molecular complexity index is 685. The van der Waals surface area contributed by atoms with Crippen molar-refractivity contribution in [1.29, 1.82) is 0 Å². The van der Waals surface area contributed by atoms with Gasteiger partial charge in [0.05, 0.1) is 17.7 Å². The molecule has 0 unspecified atom stereocenters. The maximum atomic E-state index is 12.3. The molecule has 0 saturated carbocycles. The number of carbonyl (C=O) groups excluding carboxylic acids is 1. The Labute approximate surface area is 125 Å². The quantitative estimate of drug-likeness (QED) is 0.640. The lowest BCUT2D eigenvalue weighted by Gasteiger charge is -2.11. The number of thioether (sulfide) groups is 1. The molecular weight excluding hydrogens is 294 g/mol. The summed E-state index contributed by atoms with van der Waals surface area (Å²) in [7, 11) is 0. The Morgan fingerprint density at radius 2 is 2.25 bits per heavy atom. The van der Waals surface area contributed by atoms with Crippen LogP contribution in [0.1, 0.15) is 17.3 Å². The van der Waals surface area contributed by atoms with Gasteiger partial charge in [-0.1, -0.05) is 24.0 Å². The molecule has 0 bridgehead atoms. The van der Waals surface area contributed by atoms with Gasteiger partial charge in [0.25, 0.3) is 5.91 Å². The van der Waals surface area contributed by atoms with E-state index in [9.17, 15) is 4.79 Å². The first-order valence-corrected chi connectivity index (χ1v) is 7.20. The summed E-state index contributed by atoms with van der Waals surface area (Å²) in [6.45, 7) is 2.21. The van der Waals surface area contributed by atoms with Gasteiger partial charge in [-0.3, -0.25) is 9.69 Å². The van der Waals surface area contributed by atoms with Crippen LogP contribution in [0, 0.1) is 6.92 Å². The van der Waals surface area contributed by atoms with Crippen molar-refractivity contribution in [2.75, 3.05) is 0 Å². The molecule has 0 N–H and O–H groups in total. The third kappa shape index (κ3) is 2.57. The second-order valence-corrected chi connectivity index (χ2v) is 5.97. The topological polar surface area (TPSA) is 46.6 Å². The summed E-state index contributed by atoms with van der Waals surface area (Å²) in [6.07, 6.45) is 3.29. The van der Waals surface area contributed by atoms with E-state index in [1.165, 1.54) is 16.7 Å². The first kappa shape index (κ1) is 13.2. The first-order valence-electron chi connectivity index (χ1n) is 5.97. The lowest BCUT2D eigenvalue weighted by molar-refractivity contribution is -0.122. The Morgan fingerprint density at radius 3 is 2.90 bits per heavy atom. The molecule has 0 radical (unpaired) electrons. The molecular formula is C14H11NO3S2. The summed E-state index contributed by atoms with van der Waals surface area (Å²) in [4.78, 5) is 14.4. The molecule has 1 aliphatic rings. The fraction of sp³-hybridized carbons (Fsp3) is 0.143. The second kappa shape index (κ2) is 5.30. The molecule has 1 fully saturated rings. The fourth-order valence-electron chi connectivity index (χ4n) is 1.85. The number of aryl methyl sites for hydroxylation is 1. The third-order valence-corrected chi connectivity index (χ3v) is 4.18. The van der Waals surface area contributed by atoms with Crippen molar-refractivity contribution in [3.05, 3.63) is 52.7 Å². The minimum absolute atomic E-state index is 0.120. The molecule has 1 saturated heterocycles. The van der Waals surface area contributed by atoms with Crippen LogP contribution in [0.4, 0.5) is 0 Å². The second-order valence-electron chi connectivity index (χ2n) is 4.30. The SMILES string of the molecule is Cc1ccc(C=C2SC(=S)N(Cc3ccco3)C2=O)o1. The van der Waals surface area contributed by atoms with Gasteiger partial charge < -0.3 is 8.83 Å². The number of carbonyl (C=O) groups is 1. The van der Waals surface area contributed by atoms with E-state index in [2.05, 4.69) is 0 Å². The number of rotatable bonds is 3. The van der Waals surface area contributed by atoms with Crippen molar-refractivity contribution in [1.82, 2.24) is 4.90 Å². The Morgan fingerprint density at radius 1 is 1.40 bits per heavy atom. The van der Waals surface area contributed by atoms with Crippen LogP contribution >= 0.6 is 24.0 Å². The fourth-order valence-corrected chi connectivity index (χ4v) is 3.09. The summed E-state index contributed by atoms with van der Waals surface area (Å²) in [6, 6.07) is 7.29. The summed E-state index contributed by atoms with van der Waals surface area (Å²) in [5, 5.41) is 0. The number of hydrogen-bond acceptors (Lipinski definition) is 5. The molecule has 2 aromatic rings. The Hall–Kier alpha value is -1.79. The average molecular weight is 305 g/mol. The van der Waals surface area contributed by atoms with E-state index in [0.29, 0.717) is 27.3 Å². The predicted molar refractivity (Wildman–Crippen MR) is 80.9 cm³/mol. The van der Waals surface area contributed by atoms with Gasteiger partial charge in [-0.2, -0.15) is 0 Å². The van der Waals surface area contributed by atoms with Crippen molar-refractivity contribution in [2.45, 2.75) is 13.5 Å². The van der Waals surface area contributed by atoms with Gasteiger partial charge >= 0.3 is 0 Å². The maximum absolute atomic E-state index is 12.3. The molecule has 2 aromatic heterocycles. The summed E-state index contributed by atoms with van der Waals surface area (Å²) < 4.78 is 11.2. The molecule has 4 nitrogen and oxygen atoms in total. The van der Waals surface area contributed by atoms with E-state index in [0.717, 1.165) is 5.76 Å². The zero-order valence-corrected chi connectivity index (χ0v) is 12.3. The van der Waals surface area contributed by atoms with Crippen molar-refractivity contribution >= 4 is 40.3 Å². The van der Waals surface area contributed by atoms with Crippen LogP contribution in [0.5, 0.6) is 0 Å². The lowest BCUT2D eigenvalue weighted by atomic mass is 10.3. The standard InChI is InChI=1S/C14H11NO3S2/c1-9-4-5-10(18-9)7-12-13(16)15(14(19)20-12)8-11-3-2-6-17-11/h2-7H,8H2,1H3. The highest BCUT2D eigenvalue weighted by Gasteiger charge is 2.32. The zero-order valence-electron chi connectivity index (χ0n) is 10.7. The van der Waals surface area contributed by atoms with E-state index in [4.69, 9.17) is 21.1 Å². The summed E-state index contributed by atoms with van der Waals surface area (Å²) in [5.74, 6) is 2.05. The number of thiocarbonyl (C=S) groups is 1. The Kier molecular flexibility index (Phi) is 3.50.